The highest BCUT2D eigenvalue weighted by atomic mass is 35.5. The average molecular weight is 423 g/mol. The smallest absolute Gasteiger partial charge is 0.303 e. The van der Waals surface area contributed by atoms with E-state index in [-0.39, 0.29) is 16.3 Å². The van der Waals surface area contributed by atoms with Crippen molar-refractivity contribution in [3.63, 3.8) is 0 Å². The van der Waals surface area contributed by atoms with Gasteiger partial charge in [0.25, 0.3) is 5.91 Å². The van der Waals surface area contributed by atoms with E-state index in [1.165, 1.54) is 12.1 Å². The van der Waals surface area contributed by atoms with Crippen LogP contribution in [0.25, 0.3) is 0 Å². The van der Waals surface area contributed by atoms with E-state index in [0.29, 0.717) is 16.4 Å². The Morgan fingerprint density at radius 3 is 2.37 bits per heavy atom. The number of hydrogen-bond donors (Lipinski definition) is 1. The molecule has 0 atom stereocenters. The minimum Gasteiger partial charge on any atom is -0.489 e. The molecular formula is C16H14ClF3N2O4S. The highest BCUT2D eigenvalue weighted by molar-refractivity contribution is 7.87. The normalized spacial score (nSPS) is 11.5. The predicted octanol–water partition coefficient (Wildman–Crippen LogP) is 2.87. The molecule has 0 bridgehead atoms. The van der Waals surface area contributed by atoms with Crippen molar-refractivity contribution in [2.75, 3.05) is 14.1 Å². The highest BCUT2D eigenvalue weighted by Gasteiger charge is 2.22. The summed E-state index contributed by atoms with van der Waals surface area (Å²) in [7, 11) is -1.85. The van der Waals surface area contributed by atoms with Crippen molar-refractivity contribution in [2.45, 2.75) is 6.61 Å². The van der Waals surface area contributed by atoms with Gasteiger partial charge in [0.05, 0.1) is 10.6 Å². The number of ether oxygens (including phenoxy) is 1. The number of carbonyl (C=O) groups is 1. The molecule has 6 nitrogen and oxygen atoms in total. The van der Waals surface area contributed by atoms with Crippen LogP contribution in [0.1, 0.15) is 15.9 Å². The SMILES string of the molecule is CN(C)S(=O)(=O)NC(=O)c1cc(F)c(COc2ccc(Cl)c(F)c2)cc1F. The Kier molecular flexibility index (Phi) is 6.34. The first-order chi connectivity index (χ1) is 12.5. The second-order valence-electron chi connectivity index (χ2n) is 5.51. The molecule has 0 unspecified atom stereocenters. The summed E-state index contributed by atoms with van der Waals surface area (Å²) in [4.78, 5) is 11.9. The summed E-state index contributed by atoms with van der Waals surface area (Å²) in [5.74, 6) is -4.18. The van der Waals surface area contributed by atoms with Crippen molar-refractivity contribution in [1.82, 2.24) is 9.03 Å². The van der Waals surface area contributed by atoms with Gasteiger partial charge in [0.15, 0.2) is 0 Å². The molecule has 0 saturated heterocycles. The molecule has 0 aliphatic rings. The second-order valence-corrected chi connectivity index (χ2v) is 7.80. The molecule has 1 amide bonds. The highest BCUT2D eigenvalue weighted by Crippen LogP contribution is 2.22. The molecule has 0 spiro atoms. The van der Waals surface area contributed by atoms with Crippen LogP contribution in [0, 0.1) is 17.5 Å². The van der Waals surface area contributed by atoms with E-state index in [1.807, 2.05) is 0 Å². The minimum atomic E-state index is -4.17. The van der Waals surface area contributed by atoms with Gasteiger partial charge in [-0.05, 0) is 24.3 Å². The van der Waals surface area contributed by atoms with Crippen LogP contribution >= 0.6 is 11.6 Å². The predicted molar refractivity (Wildman–Crippen MR) is 92.2 cm³/mol. The third-order valence-electron chi connectivity index (χ3n) is 3.37. The molecule has 0 radical (unpaired) electrons. The van der Waals surface area contributed by atoms with Gasteiger partial charge >= 0.3 is 10.2 Å². The van der Waals surface area contributed by atoms with Crippen LogP contribution in [-0.4, -0.2) is 32.7 Å². The van der Waals surface area contributed by atoms with E-state index in [2.05, 4.69) is 0 Å². The van der Waals surface area contributed by atoms with E-state index in [1.54, 1.807) is 4.72 Å². The van der Waals surface area contributed by atoms with Crippen molar-refractivity contribution in [1.29, 1.82) is 0 Å². The maximum absolute atomic E-state index is 14.1. The Balaban J connectivity index is 2.18. The van der Waals surface area contributed by atoms with Crippen molar-refractivity contribution in [2.24, 2.45) is 0 Å². The van der Waals surface area contributed by atoms with Crippen LogP contribution in [0.3, 0.4) is 0 Å². The second kappa shape index (κ2) is 8.15. The number of rotatable bonds is 6. The molecule has 0 heterocycles. The Morgan fingerprint density at radius 2 is 1.78 bits per heavy atom. The molecular weight excluding hydrogens is 409 g/mol. The van der Waals surface area contributed by atoms with E-state index >= 15 is 0 Å². The summed E-state index contributed by atoms with van der Waals surface area (Å²) < 4.78 is 72.3. The van der Waals surface area contributed by atoms with Gasteiger partial charge < -0.3 is 4.74 Å². The monoisotopic (exact) mass is 422 g/mol. The van der Waals surface area contributed by atoms with Crippen LogP contribution in [0.5, 0.6) is 5.75 Å². The van der Waals surface area contributed by atoms with E-state index in [9.17, 15) is 26.4 Å². The molecule has 27 heavy (non-hydrogen) atoms. The summed E-state index contributed by atoms with van der Waals surface area (Å²) in [6, 6.07) is 4.80. The van der Waals surface area contributed by atoms with Crippen LogP contribution in [0.4, 0.5) is 13.2 Å². The molecule has 2 aromatic carbocycles. The Morgan fingerprint density at radius 1 is 1.11 bits per heavy atom. The lowest BCUT2D eigenvalue weighted by Gasteiger charge is -2.13. The molecule has 2 rings (SSSR count). The standard InChI is InChI=1S/C16H14ClF3N2O4S/c1-22(2)27(24,25)21-16(23)11-7-13(18)9(5-14(11)19)8-26-10-3-4-12(17)15(20)6-10/h3-7H,8H2,1-2H3,(H,21,23). The van der Waals surface area contributed by atoms with Crippen LogP contribution < -0.4 is 9.46 Å². The number of halogens is 4. The van der Waals surface area contributed by atoms with Crippen molar-refractivity contribution in [3.8, 4) is 5.75 Å². The van der Waals surface area contributed by atoms with Gasteiger partial charge in [0.2, 0.25) is 0 Å². The number of carbonyl (C=O) groups excluding carboxylic acids is 1. The first-order valence-corrected chi connectivity index (χ1v) is 9.13. The number of amides is 1. The Labute approximate surface area is 158 Å². The maximum Gasteiger partial charge on any atom is 0.303 e. The van der Waals surface area contributed by atoms with E-state index in [0.717, 1.165) is 20.2 Å². The number of nitrogens with one attached hydrogen (secondary N) is 1. The zero-order valence-corrected chi connectivity index (χ0v) is 15.7. The van der Waals surface area contributed by atoms with Gasteiger partial charge in [-0.25, -0.2) is 17.9 Å². The van der Waals surface area contributed by atoms with Gasteiger partial charge in [-0.2, -0.15) is 12.7 Å². The van der Waals surface area contributed by atoms with Gasteiger partial charge in [-0.3, -0.25) is 4.79 Å². The van der Waals surface area contributed by atoms with Crippen molar-refractivity contribution in [3.05, 3.63) is 63.9 Å². The molecule has 11 heteroatoms. The number of nitrogens with zero attached hydrogens (tertiary/aromatic N) is 1. The van der Waals surface area contributed by atoms with Gasteiger partial charge in [0.1, 0.15) is 29.8 Å². The number of benzene rings is 2. The number of hydrogen-bond acceptors (Lipinski definition) is 4. The lowest BCUT2D eigenvalue weighted by Crippen LogP contribution is -2.39. The maximum atomic E-state index is 14.1. The molecule has 2 aromatic rings. The van der Waals surface area contributed by atoms with Gasteiger partial charge in [-0.1, -0.05) is 11.6 Å². The zero-order valence-electron chi connectivity index (χ0n) is 14.1. The molecule has 1 N–H and O–H groups in total. The summed E-state index contributed by atoms with van der Waals surface area (Å²) in [5.41, 5.74) is -1.05. The summed E-state index contributed by atoms with van der Waals surface area (Å²) in [6.07, 6.45) is 0. The molecule has 0 aliphatic carbocycles. The zero-order chi connectivity index (χ0) is 20.4. The third-order valence-corrected chi connectivity index (χ3v) is 5.08. The van der Waals surface area contributed by atoms with Crippen LogP contribution in [-0.2, 0) is 16.8 Å². The molecule has 146 valence electrons. The topological polar surface area (TPSA) is 75.7 Å². The van der Waals surface area contributed by atoms with Crippen molar-refractivity contribution >= 4 is 27.7 Å². The fourth-order valence-corrected chi connectivity index (χ4v) is 2.51. The fraction of sp³-hybridized carbons (Fsp3) is 0.188. The van der Waals surface area contributed by atoms with E-state index < -0.39 is 45.7 Å². The van der Waals surface area contributed by atoms with Crippen molar-refractivity contribution < 1.29 is 31.1 Å². The summed E-state index contributed by atoms with van der Waals surface area (Å²) >= 11 is 5.53. The molecule has 0 aliphatic heterocycles. The summed E-state index contributed by atoms with van der Waals surface area (Å²) in [6.45, 7) is -0.457. The van der Waals surface area contributed by atoms with Crippen LogP contribution in [0.15, 0.2) is 30.3 Å². The first-order valence-electron chi connectivity index (χ1n) is 7.31. The molecule has 0 saturated carbocycles. The first kappa shape index (κ1) is 21.0. The van der Waals surface area contributed by atoms with Crippen LogP contribution in [0.2, 0.25) is 5.02 Å². The lowest BCUT2D eigenvalue weighted by atomic mass is 10.1. The quantitative estimate of drug-likeness (QED) is 0.776. The average Bonchev–Trinajstić information content (AvgIpc) is 2.57. The Hall–Kier alpha value is -2.30. The lowest BCUT2D eigenvalue weighted by molar-refractivity contribution is 0.0975. The van der Waals surface area contributed by atoms with E-state index in [4.69, 9.17) is 16.3 Å². The van der Waals surface area contributed by atoms with Gasteiger partial charge in [-0.15, -0.1) is 0 Å². The fourth-order valence-electron chi connectivity index (χ4n) is 1.86. The van der Waals surface area contributed by atoms with Gasteiger partial charge in [0, 0.05) is 25.7 Å². The molecule has 0 aromatic heterocycles. The Bertz CT molecular complexity index is 984. The minimum absolute atomic E-state index is 0.0376. The largest absolute Gasteiger partial charge is 0.489 e. The molecule has 0 fully saturated rings. The third kappa shape index (κ3) is 5.12. The summed E-state index contributed by atoms with van der Waals surface area (Å²) in [5, 5.41) is -0.123.